The molecule has 118 valence electrons. The summed E-state index contributed by atoms with van der Waals surface area (Å²) in [6, 6.07) is 4.50. The molecule has 2 amide bonds. The van der Waals surface area contributed by atoms with Crippen LogP contribution in [0.2, 0.25) is 0 Å². The number of amides is 2. The fourth-order valence-electron chi connectivity index (χ4n) is 2.07. The predicted molar refractivity (Wildman–Crippen MR) is 75.1 cm³/mol. The number of likely N-dealkylation sites (tertiary alicyclic amines) is 1. The molecule has 2 rings (SSSR count). The lowest BCUT2D eigenvalue weighted by Crippen LogP contribution is -2.39. The molecule has 1 saturated heterocycles. The van der Waals surface area contributed by atoms with Gasteiger partial charge in [0.15, 0.2) is 0 Å². The number of carbonyl (C=O) groups is 1. The molecule has 0 radical (unpaired) electrons. The normalized spacial score (nSPS) is 18.3. The van der Waals surface area contributed by atoms with E-state index in [-0.39, 0.29) is 31.0 Å². The maximum Gasteiger partial charge on any atom is 0.416 e. The molecule has 1 aromatic rings. The molecular weight excluding hydrogens is 307 g/mol. The zero-order chi connectivity index (χ0) is 14.8. The van der Waals surface area contributed by atoms with Crippen LogP contribution in [0, 0.1) is 0 Å². The lowest BCUT2D eigenvalue weighted by molar-refractivity contribution is -0.137. The molecular formula is C13H17ClF3N3O. The summed E-state index contributed by atoms with van der Waals surface area (Å²) >= 11 is 0. The van der Waals surface area contributed by atoms with Gasteiger partial charge in [0, 0.05) is 25.7 Å². The van der Waals surface area contributed by atoms with Gasteiger partial charge < -0.3 is 16.0 Å². The molecule has 8 heteroatoms. The van der Waals surface area contributed by atoms with Gasteiger partial charge in [0.25, 0.3) is 0 Å². The molecule has 0 aromatic heterocycles. The molecule has 0 bridgehead atoms. The van der Waals surface area contributed by atoms with E-state index in [1.807, 2.05) is 0 Å². The average molecular weight is 324 g/mol. The number of benzene rings is 1. The van der Waals surface area contributed by atoms with E-state index in [0.29, 0.717) is 18.7 Å². The first-order chi connectivity index (χ1) is 9.36. The first-order valence-electron chi connectivity index (χ1n) is 6.31. The quantitative estimate of drug-likeness (QED) is 0.878. The van der Waals surface area contributed by atoms with Gasteiger partial charge in [-0.2, -0.15) is 13.2 Å². The van der Waals surface area contributed by atoms with Crippen molar-refractivity contribution in [3.8, 4) is 0 Å². The Balaban J connectivity index is 0.00000220. The molecule has 1 aliphatic heterocycles. The summed E-state index contributed by atoms with van der Waals surface area (Å²) in [6.07, 6.45) is -3.57. The Morgan fingerprint density at radius 1 is 1.33 bits per heavy atom. The molecule has 1 heterocycles. The van der Waals surface area contributed by atoms with Crippen molar-refractivity contribution < 1.29 is 18.0 Å². The molecule has 0 saturated carbocycles. The summed E-state index contributed by atoms with van der Waals surface area (Å²) in [7, 11) is 0. The highest BCUT2D eigenvalue weighted by Crippen LogP contribution is 2.29. The maximum absolute atomic E-state index is 12.4. The minimum Gasteiger partial charge on any atom is -0.334 e. The summed E-state index contributed by atoms with van der Waals surface area (Å²) < 4.78 is 37.2. The Labute approximate surface area is 126 Å². The zero-order valence-corrected chi connectivity index (χ0v) is 12.0. The second kappa shape index (κ2) is 7.00. The highest BCUT2D eigenvalue weighted by molar-refractivity contribution is 5.85. The standard InChI is InChI=1S/C13H16F3N3O.ClH/c14-13(15,16)10-3-1-9(2-4-10)7-18-12(20)19-6-5-11(17)8-19;/h1-4,11H,5-8,17H2,(H,18,20);1H. The highest BCUT2D eigenvalue weighted by Gasteiger charge is 2.30. The van der Waals surface area contributed by atoms with Crippen molar-refractivity contribution in [3.05, 3.63) is 35.4 Å². The molecule has 0 aliphatic carbocycles. The molecule has 1 aromatic carbocycles. The Morgan fingerprint density at radius 3 is 2.43 bits per heavy atom. The van der Waals surface area contributed by atoms with Crippen LogP contribution < -0.4 is 11.1 Å². The van der Waals surface area contributed by atoms with Crippen molar-refractivity contribution >= 4 is 18.4 Å². The van der Waals surface area contributed by atoms with Gasteiger partial charge in [0.2, 0.25) is 0 Å². The van der Waals surface area contributed by atoms with Crippen LogP contribution in [0.4, 0.5) is 18.0 Å². The van der Waals surface area contributed by atoms with Crippen molar-refractivity contribution in [3.63, 3.8) is 0 Å². The van der Waals surface area contributed by atoms with Crippen molar-refractivity contribution in [2.75, 3.05) is 13.1 Å². The fourth-order valence-corrected chi connectivity index (χ4v) is 2.07. The molecule has 3 N–H and O–H groups in total. The number of urea groups is 1. The summed E-state index contributed by atoms with van der Waals surface area (Å²) in [5, 5.41) is 2.67. The van der Waals surface area contributed by atoms with Crippen molar-refractivity contribution in [2.45, 2.75) is 25.2 Å². The van der Waals surface area contributed by atoms with Gasteiger partial charge in [-0.05, 0) is 24.1 Å². The maximum atomic E-state index is 12.4. The smallest absolute Gasteiger partial charge is 0.334 e. The van der Waals surface area contributed by atoms with Crippen LogP contribution in [0.5, 0.6) is 0 Å². The summed E-state index contributed by atoms with van der Waals surface area (Å²) in [5.41, 5.74) is 5.62. The number of hydrogen-bond acceptors (Lipinski definition) is 2. The molecule has 0 spiro atoms. The zero-order valence-electron chi connectivity index (χ0n) is 11.2. The SMILES string of the molecule is Cl.NC1CCN(C(=O)NCc2ccc(C(F)(F)F)cc2)C1. The van der Waals surface area contributed by atoms with Crippen molar-refractivity contribution in [1.29, 1.82) is 0 Å². The van der Waals surface area contributed by atoms with E-state index in [0.717, 1.165) is 18.6 Å². The van der Waals surface area contributed by atoms with Crippen LogP contribution in [-0.4, -0.2) is 30.1 Å². The van der Waals surface area contributed by atoms with E-state index in [1.54, 1.807) is 4.90 Å². The van der Waals surface area contributed by atoms with E-state index in [1.165, 1.54) is 12.1 Å². The van der Waals surface area contributed by atoms with Crippen LogP contribution in [0.25, 0.3) is 0 Å². The fraction of sp³-hybridized carbons (Fsp3) is 0.462. The predicted octanol–water partition coefficient (Wildman–Crippen LogP) is 2.37. The van der Waals surface area contributed by atoms with Crippen molar-refractivity contribution in [1.82, 2.24) is 10.2 Å². The topological polar surface area (TPSA) is 58.4 Å². The van der Waals surface area contributed by atoms with Crippen molar-refractivity contribution in [2.24, 2.45) is 5.73 Å². The third-order valence-electron chi connectivity index (χ3n) is 3.24. The average Bonchev–Trinajstić information content (AvgIpc) is 2.82. The van der Waals surface area contributed by atoms with Gasteiger partial charge in [-0.25, -0.2) is 4.79 Å². The number of hydrogen-bond donors (Lipinski definition) is 2. The Kier molecular flexibility index (Phi) is 5.86. The van der Waals surface area contributed by atoms with Gasteiger partial charge in [-0.3, -0.25) is 0 Å². The lowest BCUT2D eigenvalue weighted by atomic mass is 10.1. The number of nitrogens with zero attached hydrogens (tertiary/aromatic N) is 1. The Bertz CT molecular complexity index is 479. The largest absolute Gasteiger partial charge is 0.416 e. The second-order valence-electron chi connectivity index (χ2n) is 4.85. The number of nitrogens with two attached hydrogens (primary N) is 1. The number of carbonyl (C=O) groups excluding carboxylic acids is 1. The molecule has 1 aliphatic rings. The number of alkyl halides is 3. The van der Waals surface area contributed by atoms with Gasteiger partial charge in [0.1, 0.15) is 0 Å². The molecule has 1 fully saturated rings. The number of nitrogens with one attached hydrogen (secondary N) is 1. The molecule has 1 unspecified atom stereocenters. The highest BCUT2D eigenvalue weighted by atomic mass is 35.5. The summed E-state index contributed by atoms with van der Waals surface area (Å²) in [6.45, 7) is 1.32. The van der Waals surface area contributed by atoms with Crippen LogP contribution in [-0.2, 0) is 12.7 Å². The van der Waals surface area contributed by atoms with Crippen LogP contribution in [0.1, 0.15) is 17.5 Å². The van der Waals surface area contributed by atoms with E-state index in [4.69, 9.17) is 5.73 Å². The van der Waals surface area contributed by atoms with Gasteiger partial charge in [-0.1, -0.05) is 12.1 Å². The first kappa shape index (κ1) is 17.6. The van der Waals surface area contributed by atoms with E-state index in [9.17, 15) is 18.0 Å². The molecule has 4 nitrogen and oxygen atoms in total. The van der Waals surface area contributed by atoms with E-state index >= 15 is 0 Å². The minimum absolute atomic E-state index is 0. The van der Waals surface area contributed by atoms with Crippen LogP contribution >= 0.6 is 12.4 Å². The monoisotopic (exact) mass is 323 g/mol. The number of halogens is 4. The molecule has 21 heavy (non-hydrogen) atoms. The lowest BCUT2D eigenvalue weighted by Gasteiger charge is -2.16. The van der Waals surface area contributed by atoms with Crippen LogP contribution in [0.15, 0.2) is 24.3 Å². The van der Waals surface area contributed by atoms with Gasteiger partial charge in [0.05, 0.1) is 5.56 Å². The van der Waals surface area contributed by atoms with E-state index < -0.39 is 11.7 Å². The minimum atomic E-state index is -4.34. The Morgan fingerprint density at radius 2 is 1.95 bits per heavy atom. The number of rotatable bonds is 2. The summed E-state index contributed by atoms with van der Waals surface area (Å²) in [4.78, 5) is 13.4. The van der Waals surface area contributed by atoms with Crippen LogP contribution in [0.3, 0.4) is 0 Å². The Hall–Kier alpha value is -1.47. The first-order valence-corrected chi connectivity index (χ1v) is 6.31. The third kappa shape index (κ3) is 4.78. The third-order valence-corrected chi connectivity index (χ3v) is 3.24. The van der Waals surface area contributed by atoms with Gasteiger partial charge >= 0.3 is 12.2 Å². The van der Waals surface area contributed by atoms with Gasteiger partial charge in [-0.15, -0.1) is 12.4 Å². The summed E-state index contributed by atoms with van der Waals surface area (Å²) in [5.74, 6) is 0. The second-order valence-corrected chi connectivity index (χ2v) is 4.85. The molecule has 1 atom stereocenters. The van der Waals surface area contributed by atoms with E-state index in [2.05, 4.69) is 5.32 Å².